The van der Waals surface area contributed by atoms with Crippen LogP contribution in [0.5, 0.6) is 11.5 Å². The topological polar surface area (TPSA) is 97.8 Å². The molecular weight excluding hydrogens is 406 g/mol. The Balaban J connectivity index is 1.42. The zero-order valence-electron chi connectivity index (χ0n) is 16.6. The molecule has 2 aliphatic rings. The van der Waals surface area contributed by atoms with Gasteiger partial charge in [0.05, 0.1) is 31.7 Å². The summed E-state index contributed by atoms with van der Waals surface area (Å²) in [7, 11) is 3.12. The Morgan fingerprint density at radius 2 is 1.80 bits per heavy atom. The van der Waals surface area contributed by atoms with Crippen LogP contribution in [0.1, 0.15) is 12.8 Å². The number of nitrogens with zero attached hydrogens (tertiary/aromatic N) is 2. The number of carbonyl (C=O) groups is 3. The average molecular weight is 427 g/mol. The first-order valence-corrected chi connectivity index (χ1v) is 10.4. The van der Waals surface area contributed by atoms with Crippen molar-refractivity contribution >= 4 is 34.2 Å². The Bertz CT molecular complexity index is 1010. The van der Waals surface area contributed by atoms with Crippen LogP contribution in [-0.2, 0) is 14.4 Å². The Labute approximate surface area is 177 Å². The van der Waals surface area contributed by atoms with E-state index in [4.69, 9.17) is 9.47 Å². The molecule has 0 saturated carbocycles. The number of carbonyl (C=O) groups excluding carboxylic acids is 3. The molecule has 9 heteroatoms. The van der Waals surface area contributed by atoms with E-state index in [0.717, 1.165) is 10.5 Å². The van der Waals surface area contributed by atoms with Gasteiger partial charge in [0.25, 0.3) is 0 Å². The predicted octanol–water partition coefficient (Wildman–Crippen LogP) is 2.72. The standard InChI is InChI=1S/C21H21N3O5S/c1-28-16-8-7-12(9-17(16)29-2)15-11-30-21(22-15)23-18(25)10-24-19(26)13-5-3-4-6-14(13)20(24)27/h3-4,7-9,11,13-14H,5-6,10H2,1-2H3,(H,22,23,25)/t13-,14+. The third-order valence-electron chi connectivity index (χ3n) is 5.33. The number of ether oxygens (including phenoxy) is 2. The number of benzene rings is 1. The third kappa shape index (κ3) is 3.68. The molecule has 1 fully saturated rings. The van der Waals surface area contributed by atoms with Gasteiger partial charge in [-0.25, -0.2) is 4.98 Å². The summed E-state index contributed by atoms with van der Waals surface area (Å²) in [6, 6.07) is 5.43. The van der Waals surface area contributed by atoms with E-state index in [1.54, 1.807) is 26.4 Å². The number of hydrogen-bond acceptors (Lipinski definition) is 7. The second-order valence-electron chi connectivity index (χ2n) is 7.07. The zero-order chi connectivity index (χ0) is 21.3. The van der Waals surface area contributed by atoms with Gasteiger partial charge in [0.1, 0.15) is 6.54 Å². The lowest BCUT2D eigenvalue weighted by molar-refractivity contribution is -0.142. The SMILES string of the molecule is COc1ccc(-c2csc(NC(=O)CN3C(=O)[C@H]4CC=CC[C@H]4C3=O)n2)cc1OC. The van der Waals surface area contributed by atoms with Gasteiger partial charge in [-0.1, -0.05) is 12.2 Å². The van der Waals surface area contributed by atoms with E-state index in [1.165, 1.54) is 11.3 Å². The number of methoxy groups -OCH3 is 2. The lowest BCUT2D eigenvalue weighted by Crippen LogP contribution is -2.38. The quantitative estimate of drug-likeness (QED) is 0.562. The van der Waals surface area contributed by atoms with Gasteiger partial charge < -0.3 is 14.8 Å². The number of anilines is 1. The molecule has 2 heterocycles. The highest BCUT2D eigenvalue weighted by Crippen LogP contribution is 2.35. The first kappa shape index (κ1) is 20.1. The molecule has 2 atom stereocenters. The second kappa shape index (κ2) is 8.27. The summed E-state index contributed by atoms with van der Waals surface area (Å²) >= 11 is 1.26. The molecule has 1 saturated heterocycles. The number of rotatable bonds is 6. The van der Waals surface area contributed by atoms with Crippen molar-refractivity contribution in [1.29, 1.82) is 0 Å². The Hall–Kier alpha value is -3.20. The highest BCUT2D eigenvalue weighted by atomic mass is 32.1. The van der Waals surface area contributed by atoms with Crippen LogP contribution < -0.4 is 14.8 Å². The van der Waals surface area contributed by atoms with Crippen LogP contribution in [0.3, 0.4) is 0 Å². The molecule has 1 aromatic carbocycles. The molecule has 8 nitrogen and oxygen atoms in total. The summed E-state index contributed by atoms with van der Waals surface area (Å²) in [6.45, 7) is -0.296. The van der Waals surface area contributed by atoms with E-state index in [9.17, 15) is 14.4 Å². The predicted molar refractivity (Wildman–Crippen MR) is 111 cm³/mol. The molecule has 1 N–H and O–H groups in total. The maximum atomic E-state index is 12.5. The fourth-order valence-electron chi connectivity index (χ4n) is 3.79. The molecule has 0 radical (unpaired) electrons. The summed E-state index contributed by atoms with van der Waals surface area (Å²) in [4.78, 5) is 42.9. The number of likely N-dealkylation sites (tertiary alicyclic amines) is 1. The van der Waals surface area contributed by atoms with Crippen LogP contribution >= 0.6 is 11.3 Å². The molecular formula is C21H21N3O5S. The van der Waals surface area contributed by atoms with Gasteiger partial charge in [0.15, 0.2) is 16.6 Å². The molecule has 2 aromatic rings. The number of hydrogen-bond donors (Lipinski definition) is 1. The number of amides is 3. The van der Waals surface area contributed by atoms with Gasteiger partial charge in [-0.05, 0) is 31.0 Å². The largest absolute Gasteiger partial charge is 0.493 e. The molecule has 1 aliphatic heterocycles. The monoisotopic (exact) mass is 427 g/mol. The first-order chi connectivity index (χ1) is 14.5. The Morgan fingerprint density at radius 3 is 2.43 bits per heavy atom. The van der Waals surface area contributed by atoms with Crippen molar-refractivity contribution in [2.24, 2.45) is 11.8 Å². The Kier molecular flexibility index (Phi) is 5.54. The van der Waals surface area contributed by atoms with Crippen molar-refractivity contribution in [3.05, 3.63) is 35.7 Å². The van der Waals surface area contributed by atoms with Crippen LogP contribution in [0.4, 0.5) is 5.13 Å². The minimum Gasteiger partial charge on any atom is -0.493 e. The smallest absolute Gasteiger partial charge is 0.246 e. The van der Waals surface area contributed by atoms with Crippen LogP contribution in [-0.4, -0.2) is 48.4 Å². The normalized spacial score (nSPS) is 20.3. The fraction of sp³-hybridized carbons (Fsp3) is 0.333. The maximum absolute atomic E-state index is 12.5. The molecule has 156 valence electrons. The second-order valence-corrected chi connectivity index (χ2v) is 7.93. The summed E-state index contributed by atoms with van der Waals surface area (Å²) in [5, 5.41) is 4.88. The number of imide groups is 1. The van der Waals surface area contributed by atoms with Crippen LogP contribution in [0.25, 0.3) is 11.3 Å². The molecule has 3 amide bonds. The zero-order valence-corrected chi connectivity index (χ0v) is 17.4. The van der Waals surface area contributed by atoms with Crippen molar-refractivity contribution in [3.63, 3.8) is 0 Å². The molecule has 1 aromatic heterocycles. The molecule has 4 rings (SSSR count). The van der Waals surface area contributed by atoms with E-state index in [-0.39, 0.29) is 30.2 Å². The maximum Gasteiger partial charge on any atom is 0.246 e. The van der Waals surface area contributed by atoms with Crippen molar-refractivity contribution in [1.82, 2.24) is 9.88 Å². The van der Waals surface area contributed by atoms with Gasteiger partial charge in [0.2, 0.25) is 17.7 Å². The van der Waals surface area contributed by atoms with E-state index >= 15 is 0 Å². The Morgan fingerprint density at radius 1 is 1.13 bits per heavy atom. The van der Waals surface area contributed by atoms with Gasteiger partial charge in [0, 0.05) is 10.9 Å². The minimum absolute atomic E-state index is 0.269. The van der Waals surface area contributed by atoms with Crippen LogP contribution in [0.2, 0.25) is 0 Å². The molecule has 0 spiro atoms. The fourth-order valence-corrected chi connectivity index (χ4v) is 4.52. The molecule has 0 bridgehead atoms. The van der Waals surface area contributed by atoms with Gasteiger partial charge in [-0.3, -0.25) is 19.3 Å². The summed E-state index contributed by atoms with van der Waals surface area (Å²) in [5.41, 5.74) is 1.48. The summed E-state index contributed by atoms with van der Waals surface area (Å²) < 4.78 is 10.5. The van der Waals surface area contributed by atoms with Gasteiger partial charge in [-0.15, -0.1) is 11.3 Å². The van der Waals surface area contributed by atoms with Crippen molar-refractivity contribution in [3.8, 4) is 22.8 Å². The highest BCUT2D eigenvalue weighted by molar-refractivity contribution is 7.14. The van der Waals surface area contributed by atoms with E-state index in [1.807, 2.05) is 23.6 Å². The van der Waals surface area contributed by atoms with Crippen molar-refractivity contribution in [2.75, 3.05) is 26.1 Å². The molecule has 1 aliphatic carbocycles. The van der Waals surface area contributed by atoms with E-state index in [0.29, 0.717) is 35.2 Å². The molecule has 0 unspecified atom stereocenters. The van der Waals surface area contributed by atoms with Crippen LogP contribution in [0, 0.1) is 11.8 Å². The minimum atomic E-state index is -0.448. The highest BCUT2D eigenvalue weighted by Gasteiger charge is 2.47. The molecule has 30 heavy (non-hydrogen) atoms. The van der Waals surface area contributed by atoms with Gasteiger partial charge >= 0.3 is 0 Å². The lowest BCUT2D eigenvalue weighted by atomic mass is 9.85. The number of allylic oxidation sites excluding steroid dienone is 2. The lowest BCUT2D eigenvalue weighted by Gasteiger charge is -2.14. The number of aromatic nitrogens is 1. The van der Waals surface area contributed by atoms with Crippen molar-refractivity contribution in [2.45, 2.75) is 12.8 Å². The van der Waals surface area contributed by atoms with Gasteiger partial charge in [-0.2, -0.15) is 0 Å². The van der Waals surface area contributed by atoms with E-state index in [2.05, 4.69) is 10.3 Å². The third-order valence-corrected chi connectivity index (χ3v) is 6.09. The number of nitrogens with one attached hydrogen (secondary N) is 1. The average Bonchev–Trinajstić information content (AvgIpc) is 3.32. The summed E-state index contributed by atoms with van der Waals surface area (Å²) in [5.74, 6) is -0.476. The van der Waals surface area contributed by atoms with Crippen molar-refractivity contribution < 1.29 is 23.9 Å². The number of thiazole rings is 1. The number of fused-ring (bicyclic) bond motifs is 1. The first-order valence-electron chi connectivity index (χ1n) is 9.49. The summed E-state index contributed by atoms with van der Waals surface area (Å²) in [6.07, 6.45) is 4.94. The van der Waals surface area contributed by atoms with Crippen LogP contribution in [0.15, 0.2) is 35.7 Å². The van der Waals surface area contributed by atoms with E-state index < -0.39 is 5.91 Å².